The number of nitrogens with two attached hydrogens (primary N) is 1. The fraction of sp³-hybridized carbons (Fsp3) is 0.394. The number of ketones is 2. The number of anilines is 1. The maximum atomic E-state index is 14.0. The minimum atomic E-state index is -2.64. The van der Waals surface area contributed by atoms with Crippen LogP contribution in [0.4, 0.5) is 5.69 Å². The van der Waals surface area contributed by atoms with Crippen molar-refractivity contribution in [2.75, 3.05) is 5.32 Å². The van der Waals surface area contributed by atoms with Crippen LogP contribution in [0.3, 0.4) is 0 Å². The summed E-state index contributed by atoms with van der Waals surface area (Å²) in [7, 11) is 0. The lowest BCUT2D eigenvalue weighted by Crippen LogP contribution is -2.62. The van der Waals surface area contributed by atoms with E-state index in [1.807, 2.05) is 19.1 Å². The molecule has 3 aliphatic rings. The third-order valence-electron chi connectivity index (χ3n) is 9.09. The van der Waals surface area contributed by atoms with Gasteiger partial charge in [-0.3, -0.25) is 19.2 Å². The van der Waals surface area contributed by atoms with E-state index in [1.54, 1.807) is 32.0 Å². The van der Waals surface area contributed by atoms with Crippen LogP contribution in [-0.4, -0.2) is 49.4 Å². The molecule has 43 heavy (non-hydrogen) atoms. The number of rotatable bonds is 7. The van der Waals surface area contributed by atoms with Gasteiger partial charge < -0.3 is 31.5 Å². The lowest BCUT2D eigenvalue weighted by atomic mass is 9.54. The number of Topliss-reactive ketones (excluding diaryl/α,β-unsaturated/α-hetero) is 2. The van der Waals surface area contributed by atoms with Crippen LogP contribution in [0, 0.1) is 23.7 Å². The monoisotopic (exact) mass is 588 g/mol. The van der Waals surface area contributed by atoms with Crippen LogP contribution in [0.5, 0.6) is 5.75 Å². The van der Waals surface area contributed by atoms with Gasteiger partial charge in [0.2, 0.25) is 11.7 Å². The Morgan fingerprint density at radius 3 is 2.35 bits per heavy atom. The summed E-state index contributed by atoms with van der Waals surface area (Å²) in [5.74, 6) is -8.11. The number of phenolic OH excluding ortho intramolecular Hbond substituents is 1. The maximum Gasteiger partial charge on any atom is 0.255 e. The number of primary amides is 1. The Kier molecular flexibility index (Phi) is 7.68. The Morgan fingerprint density at radius 2 is 1.74 bits per heavy atom. The molecule has 5 rings (SSSR count). The van der Waals surface area contributed by atoms with Gasteiger partial charge in [-0.15, -0.1) is 0 Å². The maximum absolute atomic E-state index is 14.0. The van der Waals surface area contributed by atoms with Gasteiger partial charge in [0.05, 0.1) is 5.56 Å². The quantitative estimate of drug-likeness (QED) is 0.261. The van der Waals surface area contributed by atoms with E-state index < -0.39 is 63.8 Å². The van der Waals surface area contributed by atoms with Crippen LogP contribution >= 0.6 is 0 Å². The summed E-state index contributed by atoms with van der Waals surface area (Å²) in [6.07, 6.45) is 2.37. The van der Waals surface area contributed by atoms with Crippen molar-refractivity contribution in [2.45, 2.75) is 58.5 Å². The van der Waals surface area contributed by atoms with E-state index in [9.17, 15) is 39.6 Å². The summed E-state index contributed by atoms with van der Waals surface area (Å²) in [5.41, 5.74) is 4.42. The molecule has 1 fully saturated rings. The number of nitrogens with one attached hydrogen (secondary N) is 1. The van der Waals surface area contributed by atoms with Gasteiger partial charge >= 0.3 is 0 Å². The normalized spacial score (nSPS) is 24.9. The highest BCUT2D eigenvalue weighted by Crippen LogP contribution is 2.55. The largest absolute Gasteiger partial charge is 0.508 e. The van der Waals surface area contributed by atoms with Crippen molar-refractivity contribution in [3.05, 3.63) is 64.4 Å². The lowest BCUT2D eigenvalue weighted by Gasteiger charge is -2.50. The summed E-state index contributed by atoms with van der Waals surface area (Å²) >= 11 is 0. The van der Waals surface area contributed by atoms with Crippen LogP contribution in [0.1, 0.15) is 57.6 Å². The zero-order valence-corrected chi connectivity index (χ0v) is 24.3. The SMILES string of the molecule is CCCCC(=O)Nc1ccc(-c2ccc(O)c3c2C[C@H]2C[C@H]4[C@H](C(C)C)C(=O)C(C(N)=O)=C(O)[C@@]4(O)C(=O)C2=C3O)cc1. The number of benzene rings is 2. The number of amides is 2. The van der Waals surface area contributed by atoms with E-state index in [0.29, 0.717) is 23.2 Å². The summed E-state index contributed by atoms with van der Waals surface area (Å²) in [6.45, 7) is 5.46. The number of aliphatic hydroxyl groups excluding tert-OH is 2. The fourth-order valence-electron chi connectivity index (χ4n) is 7.05. The Hall–Kier alpha value is -4.44. The van der Waals surface area contributed by atoms with Crippen molar-refractivity contribution >= 4 is 34.8 Å². The molecule has 0 saturated heterocycles. The molecule has 3 aliphatic carbocycles. The molecule has 0 aromatic heterocycles. The molecular weight excluding hydrogens is 552 g/mol. The number of aromatic hydroxyl groups is 1. The third-order valence-corrected chi connectivity index (χ3v) is 9.09. The first-order chi connectivity index (χ1) is 20.3. The van der Waals surface area contributed by atoms with Gasteiger partial charge in [-0.05, 0) is 66.0 Å². The second-order valence-corrected chi connectivity index (χ2v) is 12.0. The Morgan fingerprint density at radius 1 is 1.07 bits per heavy atom. The van der Waals surface area contributed by atoms with Crippen LogP contribution in [0.2, 0.25) is 0 Å². The minimum absolute atomic E-state index is 0.0296. The first-order valence-corrected chi connectivity index (χ1v) is 14.6. The first-order valence-electron chi connectivity index (χ1n) is 14.6. The van der Waals surface area contributed by atoms with E-state index in [0.717, 1.165) is 18.4 Å². The number of hydrogen-bond donors (Lipinski definition) is 6. The average Bonchev–Trinajstić information content (AvgIpc) is 2.94. The van der Waals surface area contributed by atoms with E-state index in [2.05, 4.69) is 5.32 Å². The molecule has 0 radical (unpaired) electrons. The summed E-state index contributed by atoms with van der Waals surface area (Å²) in [6, 6.07) is 10.2. The van der Waals surface area contributed by atoms with Crippen molar-refractivity contribution in [3.8, 4) is 16.9 Å². The summed E-state index contributed by atoms with van der Waals surface area (Å²) in [5, 5.41) is 47.9. The number of carbonyl (C=O) groups is 4. The molecule has 0 aliphatic heterocycles. The third kappa shape index (κ3) is 4.70. The van der Waals surface area contributed by atoms with Gasteiger partial charge in [0.1, 0.15) is 22.8 Å². The van der Waals surface area contributed by atoms with Crippen molar-refractivity contribution in [1.29, 1.82) is 0 Å². The number of phenols is 1. The van der Waals surface area contributed by atoms with Gasteiger partial charge in [-0.2, -0.15) is 0 Å². The molecule has 2 aromatic rings. The predicted octanol–water partition coefficient (Wildman–Crippen LogP) is 4.10. The number of aliphatic hydroxyl groups is 3. The highest BCUT2D eigenvalue weighted by Gasteiger charge is 2.64. The van der Waals surface area contributed by atoms with E-state index >= 15 is 0 Å². The van der Waals surface area contributed by atoms with Gasteiger partial charge in [-0.25, -0.2) is 0 Å². The van der Waals surface area contributed by atoms with Crippen molar-refractivity contribution in [2.24, 2.45) is 29.4 Å². The Balaban J connectivity index is 1.59. The van der Waals surface area contributed by atoms with Gasteiger partial charge in [-0.1, -0.05) is 45.4 Å². The molecule has 1 saturated carbocycles. The number of fused-ring (bicyclic) bond motifs is 3. The predicted molar refractivity (Wildman–Crippen MR) is 159 cm³/mol. The smallest absolute Gasteiger partial charge is 0.255 e. The average molecular weight is 589 g/mol. The zero-order chi connectivity index (χ0) is 31.4. The number of hydrogen-bond acceptors (Lipinski definition) is 8. The Bertz CT molecular complexity index is 1600. The van der Waals surface area contributed by atoms with Crippen molar-refractivity contribution in [1.82, 2.24) is 0 Å². The minimum Gasteiger partial charge on any atom is -0.508 e. The second kappa shape index (κ2) is 11.0. The molecule has 4 atom stereocenters. The van der Waals surface area contributed by atoms with Gasteiger partial charge in [0.25, 0.3) is 5.91 Å². The highest BCUT2D eigenvalue weighted by atomic mass is 16.3. The molecule has 0 spiro atoms. The van der Waals surface area contributed by atoms with E-state index in [1.165, 1.54) is 6.07 Å². The van der Waals surface area contributed by atoms with Crippen LogP contribution in [0.15, 0.2) is 53.3 Å². The molecule has 10 nitrogen and oxygen atoms in total. The standard InChI is InChI=1S/C33H36N2O8/c1-4-5-6-23(37)35-18-9-7-16(8-10-18)19-11-12-22(36)26-20(19)13-17-14-21-24(15(2)3)28(38)27(32(34)42)31(41)33(21,43)30(40)25(17)29(26)39/h7-12,15,17,21,24,36,39,41,43H,4-6,13-14H2,1-3H3,(H2,34,42)(H,35,37)/t17-,21-,24-,33-/m0/s1. The second-order valence-electron chi connectivity index (χ2n) is 12.0. The van der Waals surface area contributed by atoms with Crippen LogP contribution in [-0.2, 0) is 25.6 Å². The molecule has 2 aromatic carbocycles. The molecule has 0 unspecified atom stereocenters. The van der Waals surface area contributed by atoms with Crippen LogP contribution < -0.4 is 11.1 Å². The molecule has 0 bridgehead atoms. The van der Waals surface area contributed by atoms with Gasteiger partial charge in [0.15, 0.2) is 11.4 Å². The number of unbranched alkanes of at least 4 members (excludes halogenated alkanes) is 1. The molecule has 0 heterocycles. The fourth-order valence-corrected chi connectivity index (χ4v) is 7.05. The molecule has 10 heteroatoms. The molecule has 226 valence electrons. The first kappa shape index (κ1) is 30.0. The van der Waals surface area contributed by atoms with Gasteiger partial charge in [0, 0.05) is 29.5 Å². The number of carbonyl (C=O) groups excluding carboxylic acids is 4. The van der Waals surface area contributed by atoms with E-state index in [-0.39, 0.29) is 35.6 Å². The topological polar surface area (TPSA) is 187 Å². The van der Waals surface area contributed by atoms with Crippen molar-refractivity contribution in [3.63, 3.8) is 0 Å². The lowest BCUT2D eigenvalue weighted by molar-refractivity contribution is -0.155. The zero-order valence-electron chi connectivity index (χ0n) is 24.3. The Labute approximate surface area is 248 Å². The highest BCUT2D eigenvalue weighted by molar-refractivity contribution is 6.23. The van der Waals surface area contributed by atoms with Crippen LogP contribution in [0.25, 0.3) is 16.9 Å². The molecule has 7 N–H and O–H groups in total. The molecule has 2 amide bonds. The summed E-state index contributed by atoms with van der Waals surface area (Å²) in [4.78, 5) is 51.6. The van der Waals surface area contributed by atoms with Crippen molar-refractivity contribution < 1.29 is 39.6 Å². The summed E-state index contributed by atoms with van der Waals surface area (Å²) < 4.78 is 0. The van der Waals surface area contributed by atoms with E-state index in [4.69, 9.17) is 5.73 Å². The molecular formula is C33H36N2O8.